The molecule has 3 heterocycles. The number of dihydropyridines is 1. The molecule has 4 rings (SSSR count). The molecule has 2 aromatic heterocycles. The van der Waals surface area contributed by atoms with Crippen LogP contribution in [0.15, 0.2) is 58.5 Å². The summed E-state index contributed by atoms with van der Waals surface area (Å²) in [5.74, 6) is -0.419. The summed E-state index contributed by atoms with van der Waals surface area (Å²) in [5, 5.41) is 8.37. The van der Waals surface area contributed by atoms with E-state index in [0.29, 0.717) is 17.7 Å². The Balaban J connectivity index is 1.81. The molecule has 1 unspecified atom stereocenters. The second-order valence-electron chi connectivity index (χ2n) is 8.59. The number of nitrogens with one attached hydrogen (secondary N) is 2. The van der Waals surface area contributed by atoms with Gasteiger partial charge in [0.15, 0.2) is 5.78 Å². The van der Waals surface area contributed by atoms with Gasteiger partial charge in [0.2, 0.25) is 0 Å². The van der Waals surface area contributed by atoms with Gasteiger partial charge in [0.05, 0.1) is 17.8 Å². The maximum absolute atomic E-state index is 13.3. The molecule has 0 bridgehead atoms. The molecule has 1 aliphatic heterocycles. The topological polar surface area (TPSA) is 71.1 Å². The second kappa shape index (κ2) is 7.26. The van der Waals surface area contributed by atoms with Crippen LogP contribution >= 0.6 is 11.3 Å². The Morgan fingerprint density at radius 2 is 2.07 bits per heavy atom. The molecule has 0 spiro atoms. The third-order valence-corrected chi connectivity index (χ3v) is 6.65. The zero-order valence-electron chi connectivity index (χ0n) is 17.1. The highest BCUT2D eigenvalue weighted by Crippen LogP contribution is 2.48. The van der Waals surface area contributed by atoms with Crippen molar-refractivity contribution in [1.29, 1.82) is 0 Å². The predicted molar refractivity (Wildman–Crippen MR) is 116 cm³/mol. The van der Waals surface area contributed by atoms with Gasteiger partial charge in [-0.2, -0.15) is 0 Å². The van der Waals surface area contributed by atoms with Crippen LogP contribution in [0.4, 0.5) is 5.69 Å². The second-order valence-corrected chi connectivity index (χ2v) is 9.54. The molecular formula is C23H25N3O2S. The highest BCUT2D eigenvalue weighted by molar-refractivity contribution is 7.10. The average Bonchev–Trinajstić information content (AvgIpc) is 3.05. The smallest absolute Gasteiger partial charge is 0.254 e. The molecule has 0 aromatic carbocycles. The zero-order valence-corrected chi connectivity index (χ0v) is 17.9. The lowest BCUT2D eigenvalue weighted by molar-refractivity contribution is -0.118. The Hall–Kier alpha value is -2.73. The minimum Gasteiger partial charge on any atom is -0.362 e. The molecule has 1 amide bonds. The molecule has 2 N–H and O–H groups in total. The van der Waals surface area contributed by atoms with E-state index in [4.69, 9.17) is 0 Å². The maximum Gasteiger partial charge on any atom is 0.254 e. The van der Waals surface area contributed by atoms with E-state index >= 15 is 0 Å². The SMILES string of the molecule is CC1=C(C(=O)Nc2cccnc2)C(c2sccc2C)C2=C(CC(C)(C)CC2=O)N1. The Bertz CT molecular complexity index is 1050. The van der Waals surface area contributed by atoms with Gasteiger partial charge in [-0.1, -0.05) is 13.8 Å². The van der Waals surface area contributed by atoms with Gasteiger partial charge in [-0.25, -0.2) is 0 Å². The van der Waals surface area contributed by atoms with Gasteiger partial charge in [0.1, 0.15) is 0 Å². The van der Waals surface area contributed by atoms with E-state index in [0.717, 1.165) is 33.8 Å². The fraction of sp³-hybridized carbons (Fsp3) is 0.348. The fourth-order valence-electron chi connectivity index (χ4n) is 4.31. The highest BCUT2D eigenvalue weighted by atomic mass is 32.1. The van der Waals surface area contributed by atoms with Crippen molar-refractivity contribution in [3.8, 4) is 0 Å². The van der Waals surface area contributed by atoms with Crippen molar-refractivity contribution in [2.24, 2.45) is 5.41 Å². The van der Waals surface area contributed by atoms with Crippen LogP contribution in [0.2, 0.25) is 0 Å². The summed E-state index contributed by atoms with van der Waals surface area (Å²) >= 11 is 1.60. The number of amides is 1. The molecule has 29 heavy (non-hydrogen) atoms. The molecule has 6 heteroatoms. The Kier molecular flexibility index (Phi) is 4.90. The van der Waals surface area contributed by atoms with Crippen molar-refractivity contribution in [3.05, 3.63) is 69.0 Å². The van der Waals surface area contributed by atoms with Crippen LogP contribution in [-0.2, 0) is 9.59 Å². The van der Waals surface area contributed by atoms with Gasteiger partial charge in [-0.3, -0.25) is 14.6 Å². The molecule has 1 aliphatic carbocycles. The predicted octanol–water partition coefficient (Wildman–Crippen LogP) is 4.69. The molecule has 2 aromatic rings. The molecule has 0 saturated carbocycles. The number of aromatic nitrogens is 1. The minimum atomic E-state index is -0.341. The molecule has 0 radical (unpaired) electrons. The standard InChI is InChI=1S/C23H25N3O2S/c1-13-7-9-29-21(13)20-18(22(28)26-15-6-5-8-24-12-15)14(2)25-16-10-23(3,4)11-17(27)19(16)20/h5-9,12,20,25H,10-11H2,1-4H3,(H,26,28). The molecule has 150 valence electrons. The van der Waals surface area contributed by atoms with Crippen LogP contribution in [0.3, 0.4) is 0 Å². The third kappa shape index (κ3) is 3.65. The van der Waals surface area contributed by atoms with Crippen molar-refractivity contribution in [2.45, 2.75) is 46.5 Å². The van der Waals surface area contributed by atoms with Gasteiger partial charge in [-0.15, -0.1) is 11.3 Å². The van der Waals surface area contributed by atoms with Crippen LogP contribution < -0.4 is 10.6 Å². The van der Waals surface area contributed by atoms with Crippen molar-refractivity contribution in [1.82, 2.24) is 10.3 Å². The zero-order chi connectivity index (χ0) is 20.8. The molecule has 1 atom stereocenters. The number of hydrogen-bond acceptors (Lipinski definition) is 5. The summed E-state index contributed by atoms with van der Waals surface area (Å²) in [4.78, 5) is 31.7. The maximum atomic E-state index is 13.3. The van der Waals surface area contributed by atoms with Crippen LogP contribution in [-0.4, -0.2) is 16.7 Å². The Labute approximate surface area is 174 Å². The summed E-state index contributed by atoms with van der Waals surface area (Å²) in [6, 6.07) is 5.64. The summed E-state index contributed by atoms with van der Waals surface area (Å²) in [6.45, 7) is 8.19. The lowest BCUT2D eigenvalue weighted by Gasteiger charge is -2.39. The summed E-state index contributed by atoms with van der Waals surface area (Å²) in [7, 11) is 0. The van der Waals surface area contributed by atoms with E-state index in [1.165, 1.54) is 0 Å². The number of aryl methyl sites for hydroxylation is 1. The monoisotopic (exact) mass is 407 g/mol. The first-order valence-corrected chi connectivity index (χ1v) is 10.6. The molecule has 5 nitrogen and oxygen atoms in total. The molecule has 0 saturated heterocycles. The minimum absolute atomic E-state index is 0.0896. The number of carbonyl (C=O) groups excluding carboxylic acids is 2. The van der Waals surface area contributed by atoms with Crippen molar-refractivity contribution in [3.63, 3.8) is 0 Å². The fourth-order valence-corrected chi connectivity index (χ4v) is 5.36. The first kappa shape index (κ1) is 19.6. The number of carbonyl (C=O) groups is 2. The summed E-state index contributed by atoms with van der Waals surface area (Å²) in [5.41, 5.74) is 4.75. The number of rotatable bonds is 3. The van der Waals surface area contributed by atoms with Crippen molar-refractivity contribution >= 4 is 28.7 Å². The average molecular weight is 408 g/mol. The normalized spacial score (nSPS) is 21.0. The van der Waals surface area contributed by atoms with Crippen LogP contribution in [0, 0.1) is 12.3 Å². The van der Waals surface area contributed by atoms with Gasteiger partial charge < -0.3 is 10.6 Å². The number of anilines is 1. The third-order valence-electron chi connectivity index (χ3n) is 5.57. The van der Waals surface area contributed by atoms with Crippen LogP contribution in [0.25, 0.3) is 0 Å². The number of ketones is 1. The quantitative estimate of drug-likeness (QED) is 0.774. The van der Waals surface area contributed by atoms with Crippen LogP contribution in [0.1, 0.15) is 50.0 Å². The van der Waals surface area contributed by atoms with Crippen molar-refractivity contribution in [2.75, 3.05) is 5.32 Å². The van der Waals surface area contributed by atoms with Gasteiger partial charge in [0, 0.05) is 40.0 Å². The number of thiophene rings is 1. The Morgan fingerprint density at radius 3 is 2.72 bits per heavy atom. The van der Waals surface area contributed by atoms with E-state index in [2.05, 4.69) is 29.5 Å². The van der Waals surface area contributed by atoms with Gasteiger partial charge in [-0.05, 0) is 54.8 Å². The lowest BCUT2D eigenvalue weighted by Crippen LogP contribution is -2.39. The first-order valence-electron chi connectivity index (χ1n) is 9.76. The lowest BCUT2D eigenvalue weighted by atomic mass is 9.69. The van der Waals surface area contributed by atoms with Crippen LogP contribution in [0.5, 0.6) is 0 Å². The number of nitrogens with zero attached hydrogens (tertiary/aromatic N) is 1. The summed E-state index contributed by atoms with van der Waals surface area (Å²) < 4.78 is 0. The van der Waals surface area contributed by atoms with E-state index in [1.54, 1.807) is 35.9 Å². The first-order chi connectivity index (χ1) is 13.8. The number of hydrogen-bond donors (Lipinski definition) is 2. The number of allylic oxidation sites excluding steroid dienone is 3. The number of pyridine rings is 1. The van der Waals surface area contributed by atoms with Gasteiger partial charge in [0.25, 0.3) is 5.91 Å². The number of Topliss-reactive ketones (excluding diaryl/α,β-unsaturated/α-hetero) is 1. The Morgan fingerprint density at radius 1 is 1.28 bits per heavy atom. The molecular weight excluding hydrogens is 382 g/mol. The molecule has 0 fully saturated rings. The van der Waals surface area contributed by atoms with E-state index < -0.39 is 0 Å². The summed E-state index contributed by atoms with van der Waals surface area (Å²) in [6.07, 6.45) is 4.57. The van der Waals surface area contributed by atoms with E-state index in [-0.39, 0.29) is 23.0 Å². The largest absolute Gasteiger partial charge is 0.362 e. The van der Waals surface area contributed by atoms with Crippen molar-refractivity contribution < 1.29 is 9.59 Å². The van der Waals surface area contributed by atoms with E-state index in [9.17, 15) is 9.59 Å². The van der Waals surface area contributed by atoms with Gasteiger partial charge >= 0.3 is 0 Å². The molecule has 2 aliphatic rings. The highest BCUT2D eigenvalue weighted by Gasteiger charge is 2.43. The van der Waals surface area contributed by atoms with E-state index in [1.807, 2.05) is 25.3 Å².